The third-order valence-corrected chi connectivity index (χ3v) is 5.17. The average Bonchev–Trinajstić information content (AvgIpc) is 2.78. The number of hydrogen-bond donors (Lipinski definition) is 0. The molecule has 1 aliphatic heterocycles. The molecule has 0 atom stereocenters. The van der Waals surface area contributed by atoms with Gasteiger partial charge in [0.1, 0.15) is 5.82 Å². The molecule has 0 aliphatic carbocycles. The van der Waals surface area contributed by atoms with E-state index in [9.17, 15) is 14.0 Å². The van der Waals surface area contributed by atoms with Crippen LogP contribution < -0.4 is 4.90 Å². The molecule has 3 aromatic rings. The minimum absolute atomic E-state index is 0.0156. The van der Waals surface area contributed by atoms with Crippen LogP contribution in [0.5, 0.6) is 0 Å². The molecular formula is C25H16ClFN2O2. The Morgan fingerprint density at radius 3 is 2.74 bits per heavy atom. The fourth-order valence-electron chi connectivity index (χ4n) is 3.27. The normalized spacial score (nSPS) is 14.3. The SMILES string of the molecule is CN1C(=O)C(=Cc2ccc(F)c(Cl)c2)C(=O)c2cc(C#CCc3cccnc3)ccc21. The number of Topliss-reactive ketones (excluding diaryl/α,β-unsaturated/α-hetero) is 1. The van der Waals surface area contributed by atoms with Crippen LogP contribution in [0.1, 0.15) is 27.0 Å². The molecule has 0 bridgehead atoms. The Kier molecular flexibility index (Phi) is 5.66. The van der Waals surface area contributed by atoms with Crippen molar-refractivity contribution < 1.29 is 14.0 Å². The zero-order valence-electron chi connectivity index (χ0n) is 16.5. The lowest BCUT2D eigenvalue weighted by atomic mass is 9.92. The van der Waals surface area contributed by atoms with E-state index in [1.165, 1.54) is 29.2 Å². The summed E-state index contributed by atoms with van der Waals surface area (Å²) in [5.74, 6) is 4.72. The van der Waals surface area contributed by atoms with Crippen LogP contribution in [-0.2, 0) is 11.2 Å². The second-order valence-electron chi connectivity index (χ2n) is 7.00. The van der Waals surface area contributed by atoms with Gasteiger partial charge in [0.05, 0.1) is 16.3 Å². The number of rotatable bonds is 2. The van der Waals surface area contributed by atoms with Crippen LogP contribution in [0.2, 0.25) is 5.02 Å². The number of anilines is 1. The second-order valence-corrected chi connectivity index (χ2v) is 7.40. The van der Waals surface area contributed by atoms with E-state index in [-0.39, 0.29) is 10.6 Å². The zero-order valence-corrected chi connectivity index (χ0v) is 17.3. The van der Waals surface area contributed by atoms with Crippen molar-refractivity contribution in [2.24, 2.45) is 0 Å². The maximum absolute atomic E-state index is 13.4. The number of pyridine rings is 1. The number of benzene rings is 2. The van der Waals surface area contributed by atoms with E-state index in [1.807, 2.05) is 12.1 Å². The number of amides is 1. The highest BCUT2D eigenvalue weighted by Gasteiger charge is 2.32. The van der Waals surface area contributed by atoms with E-state index >= 15 is 0 Å². The summed E-state index contributed by atoms with van der Waals surface area (Å²) in [5.41, 5.74) is 3.02. The third kappa shape index (κ3) is 4.25. The van der Waals surface area contributed by atoms with Gasteiger partial charge in [-0.1, -0.05) is 35.6 Å². The second kappa shape index (κ2) is 8.55. The molecule has 0 fully saturated rings. The molecule has 0 spiro atoms. The summed E-state index contributed by atoms with van der Waals surface area (Å²) in [6.07, 6.45) is 5.42. The van der Waals surface area contributed by atoms with Crippen molar-refractivity contribution >= 4 is 35.1 Å². The Morgan fingerprint density at radius 1 is 1.16 bits per heavy atom. The molecule has 2 aromatic carbocycles. The molecule has 4 nitrogen and oxygen atoms in total. The first kappa shape index (κ1) is 20.5. The fourth-order valence-corrected chi connectivity index (χ4v) is 3.46. The Morgan fingerprint density at radius 2 is 2.00 bits per heavy atom. The maximum Gasteiger partial charge on any atom is 0.262 e. The van der Waals surface area contributed by atoms with Gasteiger partial charge in [0.15, 0.2) is 0 Å². The number of hydrogen-bond acceptors (Lipinski definition) is 3. The highest BCUT2D eigenvalue weighted by atomic mass is 35.5. The molecular weight excluding hydrogens is 415 g/mol. The Bertz CT molecular complexity index is 1290. The molecule has 31 heavy (non-hydrogen) atoms. The molecule has 152 valence electrons. The molecule has 4 rings (SSSR count). The predicted octanol–water partition coefficient (Wildman–Crippen LogP) is 4.71. The van der Waals surface area contributed by atoms with Crippen molar-refractivity contribution in [1.82, 2.24) is 4.98 Å². The zero-order chi connectivity index (χ0) is 22.0. The van der Waals surface area contributed by atoms with Crippen molar-refractivity contribution in [3.8, 4) is 11.8 Å². The lowest BCUT2D eigenvalue weighted by Gasteiger charge is -2.26. The minimum atomic E-state index is -0.568. The summed E-state index contributed by atoms with van der Waals surface area (Å²) in [6, 6.07) is 13.0. The third-order valence-electron chi connectivity index (χ3n) is 4.88. The molecule has 0 saturated heterocycles. The number of aromatic nitrogens is 1. The number of ketones is 1. The van der Waals surface area contributed by atoms with Crippen LogP contribution in [0.3, 0.4) is 0 Å². The summed E-state index contributed by atoms with van der Waals surface area (Å²) in [7, 11) is 1.60. The lowest BCUT2D eigenvalue weighted by Crippen LogP contribution is -2.36. The number of fused-ring (bicyclic) bond motifs is 1. The molecule has 1 amide bonds. The van der Waals surface area contributed by atoms with Gasteiger partial charge < -0.3 is 4.90 Å². The predicted molar refractivity (Wildman–Crippen MR) is 118 cm³/mol. The number of nitrogens with zero attached hydrogens (tertiary/aromatic N) is 2. The molecule has 0 N–H and O–H groups in total. The number of halogens is 2. The minimum Gasteiger partial charge on any atom is -0.311 e. The summed E-state index contributed by atoms with van der Waals surface area (Å²) >= 11 is 5.82. The van der Waals surface area contributed by atoms with Gasteiger partial charge in [-0.25, -0.2) is 4.39 Å². The van der Waals surface area contributed by atoms with E-state index < -0.39 is 17.5 Å². The first-order valence-electron chi connectivity index (χ1n) is 9.45. The smallest absolute Gasteiger partial charge is 0.262 e. The summed E-state index contributed by atoms with van der Waals surface area (Å²) < 4.78 is 13.4. The van der Waals surface area contributed by atoms with Crippen LogP contribution in [0.25, 0.3) is 6.08 Å². The van der Waals surface area contributed by atoms with Crippen molar-refractivity contribution in [1.29, 1.82) is 0 Å². The molecule has 6 heteroatoms. The fraction of sp³-hybridized carbons (Fsp3) is 0.0800. The number of carbonyl (C=O) groups is 2. The number of likely N-dealkylation sites (N-methyl/N-ethyl adjacent to an activating group) is 1. The highest BCUT2D eigenvalue weighted by Crippen LogP contribution is 2.31. The van der Waals surface area contributed by atoms with Crippen LogP contribution >= 0.6 is 11.6 Å². The molecule has 2 heterocycles. The van der Waals surface area contributed by atoms with Crippen LogP contribution in [0.15, 0.2) is 66.5 Å². The first-order valence-corrected chi connectivity index (χ1v) is 9.83. The molecule has 0 unspecified atom stereocenters. The van der Waals surface area contributed by atoms with Crippen molar-refractivity contribution in [2.45, 2.75) is 6.42 Å². The average molecular weight is 431 g/mol. The van der Waals surface area contributed by atoms with Crippen LogP contribution in [0, 0.1) is 17.7 Å². The van der Waals surface area contributed by atoms with Crippen molar-refractivity contribution in [3.05, 3.63) is 99.6 Å². The Labute approximate surface area is 184 Å². The van der Waals surface area contributed by atoms with Gasteiger partial charge in [-0.3, -0.25) is 14.6 Å². The quantitative estimate of drug-likeness (QED) is 0.336. The summed E-state index contributed by atoms with van der Waals surface area (Å²) in [5, 5.41) is -0.0787. The van der Waals surface area contributed by atoms with Gasteiger partial charge >= 0.3 is 0 Å². The topological polar surface area (TPSA) is 50.3 Å². The molecule has 0 radical (unpaired) electrons. The van der Waals surface area contributed by atoms with Crippen LogP contribution in [-0.4, -0.2) is 23.7 Å². The maximum atomic E-state index is 13.4. The first-order chi connectivity index (χ1) is 14.9. The monoisotopic (exact) mass is 430 g/mol. The molecule has 1 aromatic heterocycles. The van der Waals surface area contributed by atoms with Gasteiger partial charge in [0.2, 0.25) is 5.78 Å². The van der Waals surface area contributed by atoms with Gasteiger partial charge in [0.25, 0.3) is 5.91 Å². The largest absolute Gasteiger partial charge is 0.311 e. The van der Waals surface area contributed by atoms with Gasteiger partial charge in [-0.15, -0.1) is 0 Å². The summed E-state index contributed by atoms with van der Waals surface area (Å²) in [6.45, 7) is 0. The van der Waals surface area contributed by atoms with Gasteiger partial charge in [-0.05, 0) is 53.6 Å². The van der Waals surface area contributed by atoms with E-state index in [2.05, 4.69) is 16.8 Å². The van der Waals surface area contributed by atoms with Crippen molar-refractivity contribution in [2.75, 3.05) is 11.9 Å². The number of carbonyl (C=O) groups excluding carboxylic acids is 2. The van der Waals surface area contributed by atoms with E-state index in [0.29, 0.717) is 28.8 Å². The lowest BCUT2D eigenvalue weighted by molar-refractivity contribution is -0.114. The molecule has 0 saturated carbocycles. The van der Waals surface area contributed by atoms with Gasteiger partial charge in [-0.2, -0.15) is 0 Å². The highest BCUT2D eigenvalue weighted by molar-refractivity contribution is 6.36. The van der Waals surface area contributed by atoms with Crippen LogP contribution in [0.4, 0.5) is 10.1 Å². The Hall–Kier alpha value is -3.75. The summed E-state index contributed by atoms with van der Waals surface area (Å²) in [4.78, 5) is 31.3. The van der Waals surface area contributed by atoms with E-state index in [4.69, 9.17) is 11.6 Å². The van der Waals surface area contributed by atoms with E-state index in [0.717, 1.165) is 5.56 Å². The van der Waals surface area contributed by atoms with E-state index in [1.54, 1.807) is 37.6 Å². The Balaban J connectivity index is 1.67. The standard InChI is InChI=1S/C25H16ClFN2O2/c1-29-23-10-8-16(4-2-5-17-6-3-11-28-15-17)12-19(23)24(30)20(25(29)31)13-18-7-9-22(27)21(26)14-18/h3,6-15H,5H2,1H3. The van der Waals surface area contributed by atoms with Gasteiger partial charge in [0, 0.05) is 37.0 Å². The molecule has 1 aliphatic rings. The van der Waals surface area contributed by atoms with Crippen molar-refractivity contribution in [3.63, 3.8) is 0 Å².